The van der Waals surface area contributed by atoms with E-state index in [1.165, 1.54) is 11.1 Å². The van der Waals surface area contributed by atoms with Crippen molar-refractivity contribution in [2.45, 2.75) is 49.3 Å². The Hall–Kier alpha value is -2.60. The Kier molecular flexibility index (Phi) is 3.55. The van der Waals surface area contributed by atoms with Gasteiger partial charge in [0, 0.05) is 35.5 Å². The minimum atomic E-state index is -0.346. The van der Waals surface area contributed by atoms with Gasteiger partial charge in [0.1, 0.15) is 23.7 Å². The Labute approximate surface area is 169 Å². The van der Waals surface area contributed by atoms with Gasteiger partial charge in [-0.3, -0.25) is 4.98 Å². The van der Waals surface area contributed by atoms with Crippen molar-refractivity contribution in [3.8, 4) is 11.5 Å². The van der Waals surface area contributed by atoms with Crippen LogP contribution in [0, 0.1) is 5.92 Å². The monoisotopic (exact) mass is 392 g/mol. The molecule has 5 atom stereocenters. The predicted molar refractivity (Wildman–Crippen MR) is 105 cm³/mol. The van der Waals surface area contributed by atoms with Gasteiger partial charge in [0.05, 0.1) is 5.56 Å². The number of aromatic hydroxyl groups is 1. The summed E-state index contributed by atoms with van der Waals surface area (Å²) in [6, 6.07) is 7.55. The summed E-state index contributed by atoms with van der Waals surface area (Å²) in [5, 5.41) is 10.3. The molecular weight excluding hydrogens is 368 g/mol. The first-order valence-electron chi connectivity index (χ1n) is 10.4. The molecule has 150 valence electrons. The number of esters is 1. The highest BCUT2D eigenvalue weighted by Gasteiger charge is 2.65. The molecule has 6 rings (SSSR count). The maximum Gasteiger partial charge on any atom is 0.340 e. The van der Waals surface area contributed by atoms with Gasteiger partial charge in [-0.15, -0.1) is 0 Å². The summed E-state index contributed by atoms with van der Waals surface area (Å²) in [5.74, 6) is 1.16. The number of rotatable bonds is 2. The molecule has 3 heterocycles. The molecule has 1 saturated heterocycles. The Morgan fingerprint density at radius 1 is 1.38 bits per heavy atom. The number of nitrogens with zero attached hydrogens (tertiary/aromatic N) is 2. The maximum absolute atomic E-state index is 12.7. The molecule has 2 aliphatic carbocycles. The van der Waals surface area contributed by atoms with Crippen LogP contribution in [0.4, 0.5) is 0 Å². The smallest absolute Gasteiger partial charge is 0.340 e. The molecular formula is C23H24N2O4. The number of hydrogen-bond donors (Lipinski definition) is 1. The van der Waals surface area contributed by atoms with Gasteiger partial charge in [-0.25, -0.2) is 4.79 Å². The molecule has 4 aliphatic rings. The highest BCUT2D eigenvalue weighted by molar-refractivity contribution is 5.89. The van der Waals surface area contributed by atoms with Crippen molar-refractivity contribution in [3.05, 3.63) is 53.3 Å². The van der Waals surface area contributed by atoms with Gasteiger partial charge in [0.25, 0.3) is 0 Å². The minimum Gasteiger partial charge on any atom is -0.508 e. The van der Waals surface area contributed by atoms with E-state index in [9.17, 15) is 9.90 Å². The van der Waals surface area contributed by atoms with Crippen LogP contribution in [-0.2, 0) is 16.6 Å². The van der Waals surface area contributed by atoms with Crippen molar-refractivity contribution in [2.24, 2.45) is 5.92 Å². The summed E-state index contributed by atoms with van der Waals surface area (Å²) in [5.41, 5.74) is 2.78. The van der Waals surface area contributed by atoms with Crippen molar-refractivity contribution in [1.82, 2.24) is 9.88 Å². The van der Waals surface area contributed by atoms with Crippen molar-refractivity contribution in [2.75, 3.05) is 13.6 Å². The number of likely N-dealkylation sites (N-methyl/N-ethyl adjacent to an activating group) is 1. The van der Waals surface area contributed by atoms with Crippen molar-refractivity contribution >= 4 is 5.97 Å². The van der Waals surface area contributed by atoms with Crippen LogP contribution in [0.1, 0.15) is 40.7 Å². The topological polar surface area (TPSA) is 71.9 Å². The zero-order valence-corrected chi connectivity index (χ0v) is 16.4. The number of carbonyl (C=O) groups is 1. The number of phenols is 1. The molecule has 2 aromatic rings. The van der Waals surface area contributed by atoms with Crippen LogP contribution < -0.4 is 4.74 Å². The quantitative estimate of drug-likeness (QED) is 0.793. The molecule has 6 nitrogen and oxygen atoms in total. The fourth-order valence-corrected chi connectivity index (χ4v) is 6.54. The largest absolute Gasteiger partial charge is 0.508 e. The van der Waals surface area contributed by atoms with Gasteiger partial charge in [-0.2, -0.15) is 0 Å². The Balaban J connectivity index is 1.42. The van der Waals surface area contributed by atoms with Gasteiger partial charge >= 0.3 is 5.97 Å². The van der Waals surface area contributed by atoms with E-state index in [1.807, 2.05) is 6.07 Å². The average molecular weight is 392 g/mol. The number of likely N-dealkylation sites (tertiary alicyclic amines) is 1. The SMILES string of the molecule is CN1CC[C@]23c4c5cc(O)cc4O[C@H]2[C@@H](OC(=O)c2cccnc2)CC[C@H]3[C@H]1C5. The predicted octanol–water partition coefficient (Wildman–Crippen LogP) is 2.68. The molecule has 1 N–H and O–H groups in total. The summed E-state index contributed by atoms with van der Waals surface area (Å²) < 4.78 is 12.5. The Morgan fingerprint density at radius 2 is 2.28 bits per heavy atom. The molecule has 1 spiro atoms. The lowest BCUT2D eigenvalue weighted by atomic mass is 9.51. The van der Waals surface area contributed by atoms with Gasteiger partial charge in [-0.1, -0.05) is 0 Å². The zero-order valence-electron chi connectivity index (χ0n) is 16.4. The number of phenolic OH excluding ortho intramolecular Hbond substituents is 1. The molecule has 0 radical (unpaired) electrons. The highest BCUT2D eigenvalue weighted by Crippen LogP contribution is 2.62. The highest BCUT2D eigenvalue weighted by atomic mass is 16.6. The fraction of sp³-hybridized carbons (Fsp3) is 0.478. The second-order valence-corrected chi connectivity index (χ2v) is 8.93. The summed E-state index contributed by atoms with van der Waals surface area (Å²) in [4.78, 5) is 19.2. The number of piperidine rings is 1. The van der Waals surface area contributed by atoms with Crippen molar-refractivity contribution in [1.29, 1.82) is 0 Å². The van der Waals surface area contributed by atoms with E-state index >= 15 is 0 Å². The minimum absolute atomic E-state index is 0.133. The van der Waals surface area contributed by atoms with E-state index in [4.69, 9.17) is 9.47 Å². The lowest BCUT2D eigenvalue weighted by molar-refractivity contribution is -0.105. The Bertz CT molecular complexity index is 994. The average Bonchev–Trinajstić information content (AvgIpc) is 3.05. The lowest BCUT2D eigenvalue weighted by Gasteiger charge is -2.58. The summed E-state index contributed by atoms with van der Waals surface area (Å²) in [7, 11) is 2.20. The van der Waals surface area contributed by atoms with Crippen LogP contribution in [0.25, 0.3) is 0 Å². The van der Waals surface area contributed by atoms with Crippen LogP contribution in [0.5, 0.6) is 11.5 Å². The van der Waals surface area contributed by atoms with Crippen molar-refractivity contribution in [3.63, 3.8) is 0 Å². The Morgan fingerprint density at radius 3 is 3.10 bits per heavy atom. The van der Waals surface area contributed by atoms with Crippen LogP contribution in [0.3, 0.4) is 0 Å². The van der Waals surface area contributed by atoms with Crippen molar-refractivity contribution < 1.29 is 19.4 Å². The summed E-state index contributed by atoms with van der Waals surface area (Å²) in [6.07, 6.45) is 6.42. The van der Waals surface area contributed by atoms with Crippen LogP contribution in [0.15, 0.2) is 36.7 Å². The third kappa shape index (κ3) is 2.26. The second kappa shape index (κ2) is 5.95. The molecule has 2 fully saturated rings. The zero-order chi connectivity index (χ0) is 19.8. The third-order valence-electron chi connectivity index (χ3n) is 7.65. The van der Waals surface area contributed by atoms with E-state index in [-0.39, 0.29) is 29.3 Å². The van der Waals surface area contributed by atoms with E-state index in [0.717, 1.165) is 38.0 Å². The molecule has 1 saturated carbocycles. The molecule has 0 amide bonds. The fourth-order valence-electron chi connectivity index (χ4n) is 6.54. The molecule has 6 heteroatoms. The van der Waals surface area contributed by atoms with E-state index in [1.54, 1.807) is 30.6 Å². The molecule has 2 bridgehead atoms. The lowest BCUT2D eigenvalue weighted by Crippen LogP contribution is -2.66. The number of aromatic nitrogens is 1. The first-order chi connectivity index (χ1) is 14.1. The normalized spacial score (nSPS) is 34.2. The number of benzene rings is 1. The van der Waals surface area contributed by atoms with E-state index < -0.39 is 0 Å². The standard InChI is InChI=1S/C23H24N2O4/c1-25-8-6-23-16-4-5-18(29-22(27)13-3-2-7-24-12-13)21(23)28-19-11-15(26)9-14(20(19)23)10-17(16)25/h2-3,7,9,11-12,16-18,21,26H,4-6,8,10H2,1H3/t16-,17+,18-,21-,23-/m0/s1. The first-order valence-corrected chi connectivity index (χ1v) is 10.4. The molecule has 1 aromatic carbocycles. The number of carbonyl (C=O) groups excluding carboxylic acids is 1. The van der Waals surface area contributed by atoms with Crippen LogP contribution in [-0.4, -0.2) is 52.8 Å². The van der Waals surface area contributed by atoms with E-state index in [0.29, 0.717) is 17.5 Å². The van der Waals surface area contributed by atoms with Gasteiger partial charge in [-0.05, 0) is 69.0 Å². The maximum atomic E-state index is 12.7. The van der Waals surface area contributed by atoms with Crippen LogP contribution >= 0.6 is 0 Å². The van der Waals surface area contributed by atoms with Gasteiger partial charge in [0.2, 0.25) is 0 Å². The molecule has 0 unspecified atom stereocenters. The number of pyridine rings is 1. The first kappa shape index (κ1) is 17.3. The van der Waals surface area contributed by atoms with Crippen LogP contribution in [0.2, 0.25) is 0 Å². The number of hydrogen-bond acceptors (Lipinski definition) is 6. The molecule has 2 aliphatic heterocycles. The number of ether oxygens (including phenoxy) is 2. The summed E-state index contributed by atoms with van der Waals surface area (Å²) in [6.45, 7) is 1.00. The molecule has 1 aromatic heterocycles. The van der Waals surface area contributed by atoms with Gasteiger partial charge in [0.15, 0.2) is 0 Å². The van der Waals surface area contributed by atoms with E-state index in [2.05, 4.69) is 16.9 Å². The summed E-state index contributed by atoms with van der Waals surface area (Å²) >= 11 is 0. The second-order valence-electron chi connectivity index (χ2n) is 8.93. The third-order valence-corrected chi connectivity index (χ3v) is 7.65. The molecule has 29 heavy (non-hydrogen) atoms. The van der Waals surface area contributed by atoms with Gasteiger partial charge < -0.3 is 19.5 Å².